The number of carbonyl (C=O) groups is 3. The average Bonchev–Trinajstić information content (AvgIpc) is 3.50. The first kappa shape index (κ1) is 23.2. The van der Waals surface area contributed by atoms with Gasteiger partial charge in [0.2, 0.25) is 5.91 Å². The van der Waals surface area contributed by atoms with Gasteiger partial charge in [-0.1, -0.05) is 6.07 Å². The number of anilines is 1. The third-order valence-electron chi connectivity index (χ3n) is 5.57. The Morgan fingerprint density at radius 2 is 1.97 bits per heavy atom. The molecule has 11 heteroatoms. The van der Waals surface area contributed by atoms with Gasteiger partial charge in [0.05, 0.1) is 41.9 Å². The van der Waals surface area contributed by atoms with E-state index in [9.17, 15) is 22.8 Å². The molecule has 0 radical (unpaired) electrons. The molecule has 33 heavy (non-hydrogen) atoms. The normalized spacial score (nSPS) is 16.5. The standard InChI is InChI=1S/C22H24N2O7S2/c1-4-31-18-9-13(5-8-17(18)30-3)16(11-33(28,29)14-6-7-14)24-21(26)15-10-32-20(23-12(2)25)19(15)22(24)27/h5,8-10,14,16H,4,6-7,11H2,1-3H3,(H,23,25)/t16-/m1/s1. The van der Waals surface area contributed by atoms with Crippen LogP contribution in [0.25, 0.3) is 0 Å². The van der Waals surface area contributed by atoms with Crippen molar-refractivity contribution < 1.29 is 32.3 Å². The summed E-state index contributed by atoms with van der Waals surface area (Å²) in [6.07, 6.45) is 1.15. The van der Waals surface area contributed by atoms with E-state index in [1.165, 1.54) is 19.4 Å². The van der Waals surface area contributed by atoms with Crippen molar-refractivity contribution in [2.75, 3.05) is 24.8 Å². The van der Waals surface area contributed by atoms with Crippen molar-refractivity contribution in [1.82, 2.24) is 4.90 Å². The van der Waals surface area contributed by atoms with E-state index in [2.05, 4.69) is 5.32 Å². The molecule has 2 aromatic rings. The van der Waals surface area contributed by atoms with Crippen LogP contribution in [0.3, 0.4) is 0 Å². The molecule has 9 nitrogen and oxygen atoms in total. The van der Waals surface area contributed by atoms with E-state index < -0.39 is 38.7 Å². The summed E-state index contributed by atoms with van der Waals surface area (Å²) in [5.41, 5.74) is 0.689. The van der Waals surface area contributed by atoms with Gasteiger partial charge in [0.25, 0.3) is 11.8 Å². The van der Waals surface area contributed by atoms with Crippen molar-refractivity contribution in [2.24, 2.45) is 0 Å². The average molecular weight is 493 g/mol. The molecule has 1 atom stereocenters. The van der Waals surface area contributed by atoms with E-state index in [1.807, 2.05) is 0 Å². The van der Waals surface area contributed by atoms with Crippen molar-refractivity contribution in [3.8, 4) is 11.5 Å². The second-order valence-corrected chi connectivity index (χ2v) is 11.1. The number of sulfone groups is 1. The molecular weight excluding hydrogens is 468 g/mol. The highest BCUT2D eigenvalue weighted by Crippen LogP contribution is 2.42. The highest BCUT2D eigenvalue weighted by molar-refractivity contribution is 7.92. The Bertz CT molecular complexity index is 1230. The Hall–Kier alpha value is -2.92. The Balaban J connectivity index is 1.78. The zero-order chi connectivity index (χ0) is 23.9. The van der Waals surface area contributed by atoms with Gasteiger partial charge in [-0.05, 0) is 37.5 Å². The lowest BCUT2D eigenvalue weighted by molar-refractivity contribution is -0.114. The zero-order valence-electron chi connectivity index (χ0n) is 18.4. The number of fused-ring (bicyclic) bond motifs is 1. The molecule has 176 valence electrons. The van der Waals surface area contributed by atoms with Gasteiger partial charge < -0.3 is 14.8 Å². The quantitative estimate of drug-likeness (QED) is 0.535. The van der Waals surface area contributed by atoms with E-state index in [1.54, 1.807) is 25.1 Å². The summed E-state index contributed by atoms with van der Waals surface area (Å²) in [4.78, 5) is 39.2. The maximum Gasteiger partial charge on any atom is 0.265 e. The Morgan fingerprint density at radius 3 is 2.58 bits per heavy atom. The number of methoxy groups -OCH3 is 1. The van der Waals surface area contributed by atoms with Crippen LogP contribution in [0.15, 0.2) is 23.6 Å². The molecule has 1 aromatic heterocycles. The maximum absolute atomic E-state index is 13.4. The van der Waals surface area contributed by atoms with Crippen LogP contribution in [0.4, 0.5) is 5.00 Å². The number of thiophene rings is 1. The van der Waals surface area contributed by atoms with E-state index in [0.29, 0.717) is 36.5 Å². The smallest absolute Gasteiger partial charge is 0.265 e. The molecule has 2 aliphatic rings. The molecule has 2 heterocycles. The minimum Gasteiger partial charge on any atom is -0.493 e. The molecule has 0 saturated heterocycles. The molecule has 3 amide bonds. The highest BCUT2D eigenvalue weighted by atomic mass is 32.2. The molecule has 1 N–H and O–H groups in total. The van der Waals surface area contributed by atoms with Crippen LogP contribution in [-0.2, 0) is 14.6 Å². The predicted octanol–water partition coefficient (Wildman–Crippen LogP) is 3.03. The monoisotopic (exact) mass is 492 g/mol. The minimum atomic E-state index is -3.54. The van der Waals surface area contributed by atoms with Gasteiger partial charge in [-0.2, -0.15) is 0 Å². The fraction of sp³-hybridized carbons (Fsp3) is 0.409. The van der Waals surface area contributed by atoms with E-state index in [4.69, 9.17) is 9.47 Å². The summed E-state index contributed by atoms with van der Waals surface area (Å²) in [6.45, 7) is 3.46. The lowest BCUT2D eigenvalue weighted by Gasteiger charge is -2.27. The number of ether oxygens (including phenoxy) is 2. The largest absolute Gasteiger partial charge is 0.493 e. The minimum absolute atomic E-state index is 0.0903. The van der Waals surface area contributed by atoms with Crippen LogP contribution < -0.4 is 14.8 Å². The van der Waals surface area contributed by atoms with Crippen molar-refractivity contribution in [2.45, 2.75) is 38.0 Å². The second kappa shape index (κ2) is 8.79. The molecule has 0 bridgehead atoms. The second-order valence-electron chi connectivity index (χ2n) is 7.90. The maximum atomic E-state index is 13.4. The number of carbonyl (C=O) groups excluding carboxylic acids is 3. The van der Waals surface area contributed by atoms with Gasteiger partial charge in [0.15, 0.2) is 21.3 Å². The lowest BCUT2D eigenvalue weighted by atomic mass is 10.1. The summed E-state index contributed by atoms with van der Waals surface area (Å²) >= 11 is 1.08. The van der Waals surface area contributed by atoms with Crippen LogP contribution in [0, 0.1) is 0 Å². The van der Waals surface area contributed by atoms with Crippen molar-refractivity contribution in [1.29, 1.82) is 0 Å². The molecule has 0 unspecified atom stereocenters. The number of rotatable bonds is 9. The topological polar surface area (TPSA) is 119 Å². The van der Waals surface area contributed by atoms with Crippen LogP contribution >= 0.6 is 11.3 Å². The molecule has 4 rings (SSSR count). The number of hydrogen-bond acceptors (Lipinski definition) is 8. The number of benzene rings is 1. The summed E-state index contributed by atoms with van der Waals surface area (Å²) < 4.78 is 36.8. The number of nitrogens with zero attached hydrogens (tertiary/aromatic N) is 1. The van der Waals surface area contributed by atoms with Gasteiger partial charge in [0.1, 0.15) is 5.00 Å². The molecule has 1 saturated carbocycles. The van der Waals surface area contributed by atoms with Crippen LogP contribution in [0.2, 0.25) is 0 Å². The zero-order valence-corrected chi connectivity index (χ0v) is 20.0. The Morgan fingerprint density at radius 1 is 1.24 bits per heavy atom. The third kappa shape index (κ3) is 4.34. The van der Waals surface area contributed by atoms with Gasteiger partial charge >= 0.3 is 0 Å². The van der Waals surface area contributed by atoms with E-state index >= 15 is 0 Å². The summed E-state index contributed by atoms with van der Waals surface area (Å²) in [6, 6.07) is 3.81. The van der Waals surface area contributed by atoms with Gasteiger partial charge in [-0.15, -0.1) is 11.3 Å². The Kier molecular flexibility index (Phi) is 6.19. The summed E-state index contributed by atoms with van der Waals surface area (Å²) in [5.74, 6) is -1.15. The van der Waals surface area contributed by atoms with Gasteiger partial charge in [-0.3, -0.25) is 19.3 Å². The van der Waals surface area contributed by atoms with Crippen molar-refractivity contribution >= 4 is 43.9 Å². The molecule has 0 spiro atoms. The fourth-order valence-electron chi connectivity index (χ4n) is 3.88. The summed E-state index contributed by atoms with van der Waals surface area (Å²) in [7, 11) is -2.06. The van der Waals surface area contributed by atoms with Crippen molar-refractivity contribution in [3.05, 3.63) is 40.3 Å². The molecule has 1 aliphatic carbocycles. The highest BCUT2D eigenvalue weighted by Gasteiger charge is 2.47. The molecule has 1 aromatic carbocycles. The number of nitrogens with one attached hydrogen (secondary N) is 1. The molecular formula is C22H24N2O7S2. The SMILES string of the molecule is CCOc1cc([C@@H](CS(=O)(=O)C2CC2)N2C(=O)c3csc(NC(C)=O)c3C2=O)ccc1OC. The number of hydrogen-bond donors (Lipinski definition) is 1. The van der Waals surface area contributed by atoms with E-state index in [-0.39, 0.29) is 22.0 Å². The van der Waals surface area contributed by atoms with Crippen LogP contribution in [0.1, 0.15) is 59.0 Å². The lowest BCUT2D eigenvalue weighted by Crippen LogP contribution is -2.38. The molecule has 1 aliphatic heterocycles. The predicted molar refractivity (Wildman–Crippen MR) is 123 cm³/mol. The number of amides is 3. The van der Waals surface area contributed by atoms with Crippen LogP contribution in [0.5, 0.6) is 11.5 Å². The van der Waals surface area contributed by atoms with Crippen LogP contribution in [-0.4, -0.2) is 55.8 Å². The Labute approximate surface area is 195 Å². The number of imide groups is 1. The molecule has 1 fully saturated rings. The van der Waals surface area contributed by atoms with E-state index in [0.717, 1.165) is 16.2 Å². The van der Waals surface area contributed by atoms with Gasteiger partial charge in [-0.25, -0.2) is 8.42 Å². The summed E-state index contributed by atoms with van der Waals surface area (Å²) in [5, 5.41) is 3.90. The first-order valence-corrected chi connectivity index (χ1v) is 13.1. The van der Waals surface area contributed by atoms with Crippen molar-refractivity contribution in [3.63, 3.8) is 0 Å². The van der Waals surface area contributed by atoms with Gasteiger partial charge in [0, 0.05) is 12.3 Å². The fourth-order valence-corrected chi connectivity index (χ4v) is 6.76. The first-order chi connectivity index (χ1) is 15.7. The third-order valence-corrected chi connectivity index (χ3v) is 8.73. The first-order valence-electron chi connectivity index (χ1n) is 10.5.